The van der Waals surface area contributed by atoms with Crippen LogP contribution in [0.15, 0.2) is 18.2 Å². The molecular weight excluding hydrogens is 401 g/mol. The summed E-state index contributed by atoms with van der Waals surface area (Å²) in [6.45, 7) is 18.7. The van der Waals surface area contributed by atoms with Crippen LogP contribution in [0.5, 0.6) is 5.75 Å². The number of hydrogen-bond acceptors (Lipinski definition) is 4. The van der Waals surface area contributed by atoms with Crippen LogP contribution in [0.25, 0.3) is 0 Å². The summed E-state index contributed by atoms with van der Waals surface area (Å²) in [5.74, 6) is 5.82. The summed E-state index contributed by atoms with van der Waals surface area (Å²) < 4.78 is 30.8. The predicted molar refractivity (Wildman–Crippen MR) is 121 cm³/mol. The highest BCUT2D eigenvalue weighted by molar-refractivity contribution is 6.74. The first-order valence-electron chi connectivity index (χ1n) is 10.2. The van der Waals surface area contributed by atoms with Gasteiger partial charge in [0.25, 0.3) is 0 Å². The molecule has 0 heterocycles. The molecule has 0 aromatic heterocycles. The molecule has 0 radical (unpaired) electrons. The zero-order valence-electron chi connectivity index (χ0n) is 19.7. The number of carbonyl (C=O) groups is 1. The van der Waals surface area contributed by atoms with Crippen molar-refractivity contribution in [2.45, 2.75) is 78.2 Å². The summed E-state index contributed by atoms with van der Waals surface area (Å²) in [5.41, 5.74) is -0.0385. The van der Waals surface area contributed by atoms with Crippen molar-refractivity contribution in [1.29, 1.82) is 0 Å². The minimum Gasteiger partial charge on any atom is -0.490 e. The topological polar surface area (TPSA) is 56.8 Å². The number of carbonyl (C=O) groups excluding carboxylic acids is 1. The van der Waals surface area contributed by atoms with Gasteiger partial charge in [-0.3, -0.25) is 0 Å². The van der Waals surface area contributed by atoms with Crippen LogP contribution in [0.3, 0.4) is 0 Å². The van der Waals surface area contributed by atoms with Crippen molar-refractivity contribution < 1.29 is 23.1 Å². The van der Waals surface area contributed by atoms with Gasteiger partial charge in [0.2, 0.25) is 0 Å². The molecule has 0 saturated carbocycles. The summed E-state index contributed by atoms with van der Waals surface area (Å²) in [7, 11) is -1.86. The smallest absolute Gasteiger partial charge is 0.408 e. The van der Waals surface area contributed by atoms with Crippen molar-refractivity contribution in [3.8, 4) is 17.6 Å². The van der Waals surface area contributed by atoms with E-state index in [1.54, 1.807) is 33.8 Å². The third-order valence-electron chi connectivity index (χ3n) is 4.71. The predicted octanol–water partition coefficient (Wildman–Crippen LogP) is 5.49. The van der Waals surface area contributed by atoms with E-state index in [0.717, 1.165) is 0 Å². The lowest BCUT2D eigenvalue weighted by atomic mass is 10.2. The fourth-order valence-electron chi connectivity index (χ4n) is 2.09. The second-order valence-corrected chi connectivity index (χ2v) is 14.5. The number of nitrogens with one attached hydrogen (secondary N) is 1. The van der Waals surface area contributed by atoms with Gasteiger partial charge >= 0.3 is 6.09 Å². The lowest BCUT2D eigenvalue weighted by Gasteiger charge is -2.36. The first kappa shape index (κ1) is 26.0. The fraction of sp³-hybridized carbons (Fsp3) is 0.609. The largest absolute Gasteiger partial charge is 0.490 e. The maximum Gasteiger partial charge on any atom is 0.408 e. The van der Waals surface area contributed by atoms with Gasteiger partial charge in [0, 0.05) is 6.07 Å². The van der Waals surface area contributed by atoms with Gasteiger partial charge in [-0.05, 0) is 58.0 Å². The van der Waals surface area contributed by atoms with Crippen LogP contribution in [-0.2, 0) is 9.16 Å². The molecule has 0 unspecified atom stereocenters. The van der Waals surface area contributed by atoms with Gasteiger partial charge in [-0.1, -0.05) is 32.6 Å². The molecule has 0 saturated heterocycles. The van der Waals surface area contributed by atoms with E-state index < -0.39 is 31.9 Å². The zero-order valence-corrected chi connectivity index (χ0v) is 20.7. The molecule has 1 aromatic carbocycles. The van der Waals surface area contributed by atoms with Gasteiger partial charge < -0.3 is 19.2 Å². The minimum atomic E-state index is -1.86. The Morgan fingerprint density at radius 3 is 2.37 bits per heavy atom. The van der Waals surface area contributed by atoms with Crippen molar-refractivity contribution in [2.75, 3.05) is 13.2 Å². The van der Waals surface area contributed by atoms with E-state index in [0.29, 0.717) is 24.5 Å². The first-order valence-corrected chi connectivity index (χ1v) is 13.1. The molecule has 0 aliphatic carbocycles. The molecule has 1 rings (SSSR count). The molecule has 1 N–H and O–H groups in total. The monoisotopic (exact) mass is 437 g/mol. The van der Waals surface area contributed by atoms with Crippen molar-refractivity contribution in [1.82, 2.24) is 5.32 Å². The number of amides is 1. The zero-order chi connectivity index (χ0) is 23.2. The maximum atomic E-state index is 13.7. The molecule has 168 valence electrons. The second-order valence-electron chi connectivity index (χ2n) is 9.73. The number of halogens is 1. The Balaban J connectivity index is 2.74. The van der Waals surface area contributed by atoms with E-state index in [1.165, 1.54) is 12.1 Å². The Hall–Kier alpha value is -2.04. The Labute approximate surface area is 181 Å². The number of ether oxygens (including phenoxy) is 2. The van der Waals surface area contributed by atoms with Gasteiger partial charge in [-0.15, -0.1) is 0 Å². The molecule has 0 aliphatic rings. The summed E-state index contributed by atoms with van der Waals surface area (Å²) in [6, 6.07) is 3.75. The highest BCUT2D eigenvalue weighted by Gasteiger charge is 2.36. The first-order chi connectivity index (χ1) is 13.6. The fourth-order valence-corrected chi connectivity index (χ4v) is 3.12. The van der Waals surface area contributed by atoms with Crippen LogP contribution < -0.4 is 10.1 Å². The molecule has 1 aromatic rings. The molecule has 0 aliphatic heterocycles. The third-order valence-corrected chi connectivity index (χ3v) is 9.25. The van der Waals surface area contributed by atoms with Crippen molar-refractivity contribution in [2.24, 2.45) is 0 Å². The molecule has 1 atom stereocenters. The van der Waals surface area contributed by atoms with Gasteiger partial charge in [0.15, 0.2) is 8.32 Å². The number of benzene rings is 1. The maximum absolute atomic E-state index is 13.7. The van der Waals surface area contributed by atoms with Gasteiger partial charge in [0.1, 0.15) is 23.8 Å². The molecule has 5 nitrogen and oxygen atoms in total. The highest BCUT2D eigenvalue weighted by Crippen LogP contribution is 2.36. The van der Waals surface area contributed by atoms with Crippen LogP contribution in [-0.4, -0.2) is 39.3 Å². The van der Waals surface area contributed by atoms with Crippen LogP contribution >= 0.6 is 0 Å². The lowest BCUT2D eigenvalue weighted by Crippen LogP contribution is -2.41. The van der Waals surface area contributed by atoms with Crippen LogP contribution in [0, 0.1) is 17.7 Å². The third kappa shape index (κ3) is 9.18. The van der Waals surface area contributed by atoms with Crippen molar-refractivity contribution in [3.63, 3.8) is 0 Å². The van der Waals surface area contributed by atoms with Gasteiger partial charge in [0.05, 0.1) is 18.2 Å². The van der Waals surface area contributed by atoms with Crippen LogP contribution in [0.4, 0.5) is 9.18 Å². The molecule has 0 spiro atoms. The Bertz CT molecular complexity index is 785. The molecule has 0 fully saturated rings. The summed E-state index contributed by atoms with van der Waals surface area (Å²) in [5, 5.41) is 2.77. The average molecular weight is 438 g/mol. The average Bonchev–Trinajstić information content (AvgIpc) is 2.55. The number of rotatable bonds is 6. The quantitative estimate of drug-likeness (QED) is 0.363. The van der Waals surface area contributed by atoms with Crippen molar-refractivity contribution in [3.05, 3.63) is 29.6 Å². The molecular formula is C23H36FNO4Si. The minimum absolute atomic E-state index is 0.111. The van der Waals surface area contributed by atoms with E-state index in [-0.39, 0.29) is 5.04 Å². The van der Waals surface area contributed by atoms with E-state index >= 15 is 0 Å². The summed E-state index contributed by atoms with van der Waals surface area (Å²) in [4.78, 5) is 11.8. The van der Waals surface area contributed by atoms with Gasteiger partial charge in [-0.2, -0.15) is 0 Å². The Morgan fingerprint density at radius 2 is 1.80 bits per heavy atom. The van der Waals surface area contributed by atoms with E-state index in [1.807, 2.05) is 0 Å². The molecule has 30 heavy (non-hydrogen) atoms. The summed E-state index contributed by atoms with van der Waals surface area (Å²) >= 11 is 0. The van der Waals surface area contributed by atoms with Crippen molar-refractivity contribution >= 4 is 14.4 Å². The lowest BCUT2D eigenvalue weighted by molar-refractivity contribution is 0.0519. The van der Waals surface area contributed by atoms with E-state index in [4.69, 9.17) is 13.9 Å². The van der Waals surface area contributed by atoms with Crippen LogP contribution in [0.2, 0.25) is 18.1 Å². The molecule has 0 bridgehead atoms. The van der Waals surface area contributed by atoms with Crippen LogP contribution in [0.1, 0.15) is 54.0 Å². The second kappa shape index (κ2) is 10.3. The number of alkyl carbamates (subject to hydrolysis) is 1. The Morgan fingerprint density at radius 1 is 1.17 bits per heavy atom. The van der Waals surface area contributed by atoms with E-state index in [2.05, 4.69) is 51.0 Å². The number of hydrogen-bond donors (Lipinski definition) is 1. The van der Waals surface area contributed by atoms with Gasteiger partial charge in [-0.25, -0.2) is 9.18 Å². The molecule has 7 heteroatoms. The SMILES string of the molecule is C[C@@H](C#Cc1ccc(F)cc1OCCO[Si](C)(C)C(C)(C)C)NC(=O)OC(C)(C)C. The standard InChI is InChI=1S/C23H36FNO4Si/c1-17(25-21(26)29-22(2,3)4)10-11-18-12-13-19(24)16-20(18)27-14-15-28-30(8,9)23(5,6)7/h12-13,16-17H,14-15H2,1-9H3,(H,25,26)/t17-/m0/s1. The Kier molecular flexibility index (Phi) is 8.94. The molecule has 1 amide bonds. The summed E-state index contributed by atoms with van der Waals surface area (Å²) in [6.07, 6.45) is -0.539. The van der Waals surface area contributed by atoms with E-state index in [9.17, 15) is 9.18 Å². The highest BCUT2D eigenvalue weighted by atomic mass is 28.4. The normalized spacial score (nSPS) is 13.1.